The average molecular weight is 222 g/mol. The quantitative estimate of drug-likeness (QED) is 0.769. The summed E-state index contributed by atoms with van der Waals surface area (Å²) in [7, 11) is -1.15. The summed E-state index contributed by atoms with van der Waals surface area (Å²) < 4.78 is 12.1. The number of carbonyl (C=O) groups is 1. The Morgan fingerprint density at radius 3 is 2.47 bits per heavy atom. The van der Waals surface area contributed by atoms with Gasteiger partial charge in [-0.2, -0.15) is 0 Å². The molecule has 2 unspecified atom stereocenters. The number of benzene rings is 1. The van der Waals surface area contributed by atoms with Crippen LogP contribution >= 0.6 is 0 Å². The van der Waals surface area contributed by atoms with Gasteiger partial charge in [0.15, 0.2) is 0 Å². The number of hydrogen-bond donors (Lipinski definition) is 0. The number of aryl methyl sites for hydroxylation is 1. The largest absolute Gasteiger partial charge is 0.298 e. The summed E-state index contributed by atoms with van der Waals surface area (Å²) in [6.07, 6.45) is 2.27. The van der Waals surface area contributed by atoms with Crippen molar-refractivity contribution in [1.29, 1.82) is 0 Å². The third kappa shape index (κ3) is 2.17. The molecule has 0 spiro atoms. The van der Waals surface area contributed by atoms with E-state index in [1.165, 1.54) is 0 Å². The van der Waals surface area contributed by atoms with Gasteiger partial charge in [-0.1, -0.05) is 17.7 Å². The lowest BCUT2D eigenvalue weighted by atomic mass is 10.2. The van der Waals surface area contributed by atoms with E-state index < -0.39 is 10.8 Å². The van der Waals surface area contributed by atoms with E-state index in [1.807, 2.05) is 31.2 Å². The number of rotatable bonds is 2. The number of hydrogen-bond acceptors (Lipinski definition) is 2. The smallest absolute Gasteiger partial charge is 0.148 e. The zero-order valence-corrected chi connectivity index (χ0v) is 9.55. The van der Waals surface area contributed by atoms with Crippen LogP contribution in [0.5, 0.6) is 0 Å². The van der Waals surface area contributed by atoms with Crippen molar-refractivity contribution in [3.05, 3.63) is 29.8 Å². The SMILES string of the molecule is Cc1ccc(S(=O)C2CCCC2=O)cc1. The second-order valence-electron chi connectivity index (χ2n) is 3.96. The summed E-state index contributed by atoms with van der Waals surface area (Å²) in [6.45, 7) is 1.99. The first-order valence-electron chi connectivity index (χ1n) is 5.18. The average Bonchev–Trinajstić information content (AvgIpc) is 2.65. The van der Waals surface area contributed by atoms with Gasteiger partial charge in [0, 0.05) is 11.3 Å². The van der Waals surface area contributed by atoms with Gasteiger partial charge in [0.25, 0.3) is 0 Å². The number of Topliss-reactive ketones (excluding diaryl/α,β-unsaturated/α-hetero) is 1. The van der Waals surface area contributed by atoms with Crippen molar-refractivity contribution in [1.82, 2.24) is 0 Å². The lowest BCUT2D eigenvalue weighted by molar-refractivity contribution is -0.117. The molecule has 15 heavy (non-hydrogen) atoms. The van der Waals surface area contributed by atoms with Crippen molar-refractivity contribution < 1.29 is 9.00 Å². The first kappa shape index (κ1) is 10.6. The highest BCUT2D eigenvalue weighted by Gasteiger charge is 2.30. The van der Waals surface area contributed by atoms with Crippen LogP contribution in [0.1, 0.15) is 24.8 Å². The molecule has 1 fully saturated rings. The molecule has 1 aromatic rings. The van der Waals surface area contributed by atoms with Crippen molar-refractivity contribution in [2.75, 3.05) is 0 Å². The molecule has 1 aliphatic rings. The van der Waals surface area contributed by atoms with E-state index in [0.717, 1.165) is 23.3 Å². The van der Waals surface area contributed by atoms with E-state index >= 15 is 0 Å². The fourth-order valence-electron chi connectivity index (χ4n) is 1.85. The van der Waals surface area contributed by atoms with Crippen molar-refractivity contribution in [2.24, 2.45) is 0 Å². The minimum absolute atomic E-state index is 0.161. The van der Waals surface area contributed by atoms with Crippen LogP contribution in [-0.2, 0) is 15.6 Å². The van der Waals surface area contributed by atoms with Gasteiger partial charge < -0.3 is 0 Å². The van der Waals surface area contributed by atoms with Gasteiger partial charge in [-0.3, -0.25) is 9.00 Å². The Morgan fingerprint density at radius 1 is 1.27 bits per heavy atom. The molecule has 2 rings (SSSR count). The highest BCUT2D eigenvalue weighted by molar-refractivity contribution is 7.86. The zero-order chi connectivity index (χ0) is 10.8. The second-order valence-corrected chi connectivity index (χ2v) is 5.59. The lowest BCUT2D eigenvalue weighted by Gasteiger charge is -2.07. The van der Waals surface area contributed by atoms with Crippen LogP contribution in [0.2, 0.25) is 0 Å². The van der Waals surface area contributed by atoms with Crippen LogP contribution in [0, 0.1) is 6.92 Å². The maximum Gasteiger partial charge on any atom is 0.148 e. The van der Waals surface area contributed by atoms with E-state index in [9.17, 15) is 9.00 Å². The molecule has 0 bridgehead atoms. The van der Waals surface area contributed by atoms with Crippen LogP contribution in [0.15, 0.2) is 29.2 Å². The van der Waals surface area contributed by atoms with Crippen LogP contribution < -0.4 is 0 Å². The highest BCUT2D eigenvalue weighted by Crippen LogP contribution is 2.24. The van der Waals surface area contributed by atoms with Gasteiger partial charge in [0.05, 0.1) is 16.0 Å². The first-order chi connectivity index (χ1) is 7.18. The van der Waals surface area contributed by atoms with Crippen molar-refractivity contribution in [3.8, 4) is 0 Å². The normalized spacial score (nSPS) is 23.0. The Balaban J connectivity index is 2.20. The maximum atomic E-state index is 12.1. The summed E-state index contributed by atoms with van der Waals surface area (Å²) in [6, 6.07) is 7.59. The number of carbonyl (C=O) groups excluding carboxylic acids is 1. The summed E-state index contributed by atoms with van der Waals surface area (Å²) in [4.78, 5) is 12.2. The fraction of sp³-hybridized carbons (Fsp3) is 0.417. The van der Waals surface area contributed by atoms with Crippen molar-refractivity contribution in [3.63, 3.8) is 0 Å². The minimum atomic E-state index is -1.15. The minimum Gasteiger partial charge on any atom is -0.298 e. The van der Waals surface area contributed by atoms with E-state index in [-0.39, 0.29) is 11.0 Å². The number of ketones is 1. The topological polar surface area (TPSA) is 34.1 Å². The molecule has 1 saturated carbocycles. The molecule has 2 atom stereocenters. The molecule has 0 heterocycles. The molecular weight excluding hydrogens is 208 g/mol. The monoisotopic (exact) mass is 222 g/mol. The fourth-order valence-corrected chi connectivity index (χ4v) is 3.32. The second kappa shape index (κ2) is 4.27. The molecule has 80 valence electrons. The van der Waals surface area contributed by atoms with E-state index in [1.54, 1.807) is 0 Å². The molecule has 0 saturated heterocycles. The Kier molecular flexibility index (Phi) is 3.00. The zero-order valence-electron chi connectivity index (χ0n) is 8.73. The van der Waals surface area contributed by atoms with Gasteiger partial charge >= 0.3 is 0 Å². The van der Waals surface area contributed by atoms with Gasteiger partial charge in [0.1, 0.15) is 5.78 Å². The van der Waals surface area contributed by atoms with Crippen molar-refractivity contribution in [2.45, 2.75) is 36.3 Å². The molecule has 2 nitrogen and oxygen atoms in total. The molecule has 0 amide bonds. The van der Waals surface area contributed by atoms with Gasteiger partial charge in [-0.25, -0.2) is 0 Å². The Hall–Kier alpha value is -0.960. The van der Waals surface area contributed by atoms with E-state index in [0.29, 0.717) is 6.42 Å². The maximum absolute atomic E-state index is 12.1. The molecule has 3 heteroatoms. The summed E-state index contributed by atoms with van der Waals surface area (Å²) in [5, 5.41) is -0.257. The van der Waals surface area contributed by atoms with E-state index in [4.69, 9.17) is 0 Å². The molecule has 1 aliphatic carbocycles. The summed E-state index contributed by atoms with van der Waals surface area (Å²) >= 11 is 0. The lowest BCUT2D eigenvalue weighted by Crippen LogP contribution is -2.19. The first-order valence-corrected chi connectivity index (χ1v) is 6.40. The van der Waals surface area contributed by atoms with Crippen LogP contribution in [0.25, 0.3) is 0 Å². The Bertz CT molecular complexity index is 395. The third-order valence-corrected chi connectivity index (χ3v) is 4.51. The van der Waals surface area contributed by atoms with Crippen LogP contribution in [0.4, 0.5) is 0 Å². The highest BCUT2D eigenvalue weighted by atomic mass is 32.2. The van der Waals surface area contributed by atoms with Gasteiger partial charge in [0.2, 0.25) is 0 Å². The van der Waals surface area contributed by atoms with Gasteiger partial charge in [-0.05, 0) is 31.9 Å². The standard InChI is InChI=1S/C12H14O2S/c1-9-5-7-10(8-6-9)15(14)12-4-2-3-11(12)13/h5-8,12H,2-4H2,1H3. The predicted octanol–water partition coefficient (Wildman–Crippen LogP) is 2.22. The molecule has 0 aromatic heterocycles. The Labute approximate surface area is 92.2 Å². The molecule has 0 aliphatic heterocycles. The van der Waals surface area contributed by atoms with Crippen LogP contribution in [0.3, 0.4) is 0 Å². The Morgan fingerprint density at radius 2 is 1.93 bits per heavy atom. The van der Waals surface area contributed by atoms with Gasteiger partial charge in [-0.15, -0.1) is 0 Å². The predicted molar refractivity (Wildman–Crippen MR) is 60.2 cm³/mol. The van der Waals surface area contributed by atoms with E-state index in [2.05, 4.69) is 0 Å². The molecular formula is C12H14O2S. The molecule has 0 N–H and O–H groups in total. The summed E-state index contributed by atoms with van der Waals surface area (Å²) in [5.41, 5.74) is 1.15. The van der Waals surface area contributed by atoms with Crippen molar-refractivity contribution >= 4 is 16.6 Å². The third-order valence-electron chi connectivity index (χ3n) is 2.76. The summed E-state index contributed by atoms with van der Waals surface area (Å²) in [5.74, 6) is 0.161. The molecule has 1 aromatic carbocycles. The molecule has 0 radical (unpaired) electrons. The van der Waals surface area contributed by atoms with Crippen LogP contribution in [-0.4, -0.2) is 15.2 Å².